The molecule has 0 saturated heterocycles. The SMILES string of the molecule is CNc1ccc(C(=O)NCCc2cccc(OC)c2)nn1. The minimum Gasteiger partial charge on any atom is -0.497 e. The normalized spacial score (nSPS) is 10.0. The molecule has 1 aromatic heterocycles. The number of methoxy groups -OCH3 is 1. The van der Waals surface area contributed by atoms with Crippen molar-refractivity contribution in [3.05, 3.63) is 47.7 Å². The minimum atomic E-state index is -0.229. The molecule has 0 aliphatic carbocycles. The molecule has 2 N–H and O–H groups in total. The lowest BCUT2D eigenvalue weighted by molar-refractivity contribution is 0.0948. The van der Waals surface area contributed by atoms with Gasteiger partial charge in [0.1, 0.15) is 11.6 Å². The number of rotatable bonds is 6. The number of nitrogens with zero attached hydrogens (tertiary/aromatic N) is 2. The maximum atomic E-state index is 11.9. The molecule has 0 aliphatic heterocycles. The summed E-state index contributed by atoms with van der Waals surface area (Å²) >= 11 is 0. The summed E-state index contributed by atoms with van der Waals surface area (Å²) in [6.07, 6.45) is 0.727. The molecule has 0 saturated carbocycles. The predicted molar refractivity (Wildman–Crippen MR) is 80.6 cm³/mol. The van der Waals surface area contributed by atoms with Gasteiger partial charge in [0, 0.05) is 13.6 Å². The van der Waals surface area contributed by atoms with Crippen LogP contribution in [0, 0.1) is 0 Å². The first kappa shape index (κ1) is 14.8. The standard InChI is InChI=1S/C15H18N4O2/c1-16-14-7-6-13(18-19-14)15(20)17-9-8-11-4-3-5-12(10-11)21-2/h3-7,10H,8-9H2,1-2H3,(H,16,19)(H,17,20). The highest BCUT2D eigenvalue weighted by molar-refractivity contribution is 5.92. The van der Waals surface area contributed by atoms with Crippen LogP contribution < -0.4 is 15.4 Å². The number of carbonyl (C=O) groups excluding carboxylic acids is 1. The molecule has 0 radical (unpaired) electrons. The van der Waals surface area contributed by atoms with E-state index in [2.05, 4.69) is 20.8 Å². The third-order valence-electron chi connectivity index (χ3n) is 2.99. The van der Waals surface area contributed by atoms with E-state index >= 15 is 0 Å². The van der Waals surface area contributed by atoms with Crippen LogP contribution in [0.4, 0.5) is 5.82 Å². The number of ether oxygens (including phenoxy) is 1. The number of benzene rings is 1. The smallest absolute Gasteiger partial charge is 0.271 e. The van der Waals surface area contributed by atoms with E-state index in [1.807, 2.05) is 24.3 Å². The molecule has 0 fully saturated rings. The lowest BCUT2D eigenvalue weighted by atomic mass is 10.1. The van der Waals surface area contributed by atoms with Gasteiger partial charge >= 0.3 is 0 Å². The van der Waals surface area contributed by atoms with Gasteiger partial charge < -0.3 is 15.4 Å². The highest BCUT2D eigenvalue weighted by Crippen LogP contribution is 2.12. The Morgan fingerprint density at radius 1 is 1.24 bits per heavy atom. The first-order chi connectivity index (χ1) is 10.2. The van der Waals surface area contributed by atoms with Crippen molar-refractivity contribution >= 4 is 11.7 Å². The van der Waals surface area contributed by atoms with Crippen LogP contribution in [0.5, 0.6) is 5.75 Å². The van der Waals surface area contributed by atoms with Crippen molar-refractivity contribution < 1.29 is 9.53 Å². The third-order valence-corrected chi connectivity index (χ3v) is 2.99. The Balaban J connectivity index is 1.85. The fourth-order valence-corrected chi connectivity index (χ4v) is 1.83. The van der Waals surface area contributed by atoms with E-state index in [0.717, 1.165) is 17.7 Å². The van der Waals surface area contributed by atoms with Crippen LogP contribution in [0.2, 0.25) is 0 Å². The van der Waals surface area contributed by atoms with Crippen molar-refractivity contribution in [2.24, 2.45) is 0 Å². The number of nitrogens with one attached hydrogen (secondary N) is 2. The van der Waals surface area contributed by atoms with Gasteiger partial charge in [-0.1, -0.05) is 12.1 Å². The van der Waals surface area contributed by atoms with Crippen molar-refractivity contribution in [1.29, 1.82) is 0 Å². The number of carbonyl (C=O) groups is 1. The second-order valence-corrected chi connectivity index (χ2v) is 4.41. The lowest BCUT2D eigenvalue weighted by Crippen LogP contribution is -2.26. The quantitative estimate of drug-likeness (QED) is 0.841. The zero-order valence-electron chi connectivity index (χ0n) is 12.1. The Morgan fingerprint density at radius 2 is 2.10 bits per heavy atom. The fourth-order valence-electron chi connectivity index (χ4n) is 1.83. The van der Waals surface area contributed by atoms with E-state index in [-0.39, 0.29) is 5.91 Å². The van der Waals surface area contributed by atoms with Crippen LogP contribution in [0.15, 0.2) is 36.4 Å². The van der Waals surface area contributed by atoms with E-state index in [9.17, 15) is 4.79 Å². The molecular weight excluding hydrogens is 268 g/mol. The molecular formula is C15H18N4O2. The Hall–Kier alpha value is -2.63. The zero-order chi connectivity index (χ0) is 15.1. The zero-order valence-corrected chi connectivity index (χ0v) is 12.1. The van der Waals surface area contributed by atoms with Crippen molar-refractivity contribution in [2.45, 2.75) is 6.42 Å². The molecule has 2 aromatic rings. The van der Waals surface area contributed by atoms with E-state index in [0.29, 0.717) is 18.1 Å². The second-order valence-electron chi connectivity index (χ2n) is 4.41. The van der Waals surface area contributed by atoms with E-state index in [1.165, 1.54) is 0 Å². The number of amides is 1. The summed E-state index contributed by atoms with van der Waals surface area (Å²) in [5, 5.41) is 13.4. The average molecular weight is 286 g/mol. The van der Waals surface area contributed by atoms with Gasteiger partial charge in [-0.2, -0.15) is 0 Å². The van der Waals surface area contributed by atoms with Crippen LogP contribution >= 0.6 is 0 Å². The third kappa shape index (κ3) is 4.17. The number of hydrogen-bond acceptors (Lipinski definition) is 5. The highest BCUT2D eigenvalue weighted by Gasteiger charge is 2.07. The van der Waals surface area contributed by atoms with Gasteiger partial charge in [-0.3, -0.25) is 4.79 Å². The molecule has 0 bridgehead atoms. The Morgan fingerprint density at radius 3 is 2.76 bits per heavy atom. The molecule has 0 aliphatic rings. The van der Waals surface area contributed by atoms with Crippen LogP contribution in [0.1, 0.15) is 16.1 Å². The van der Waals surface area contributed by atoms with E-state index in [4.69, 9.17) is 4.74 Å². The van der Waals surface area contributed by atoms with Gasteiger partial charge in [-0.25, -0.2) is 0 Å². The van der Waals surface area contributed by atoms with Crippen molar-refractivity contribution in [3.63, 3.8) is 0 Å². The Bertz CT molecular complexity index is 599. The first-order valence-corrected chi connectivity index (χ1v) is 6.65. The van der Waals surface area contributed by atoms with Crippen molar-refractivity contribution in [2.75, 3.05) is 26.0 Å². The molecule has 2 rings (SSSR count). The average Bonchev–Trinajstić information content (AvgIpc) is 2.55. The fraction of sp³-hybridized carbons (Fsp3) is 0.267. The molecule has 6 nitrogen and oxygen atoms in total. The summed E-state index contributed by atoms with van der Waals surface area (Å²) in [5.74, 6) is 1.21. The first-order valence-electron chi connectivity index (χ1n) is 6.65. The van der Waals surface area contributed by atoms with E-state index < -0.39 is 0 Å². The van der Waals surface area contributed by atoms with Gasteiger partial charge in [-0.05, 0) is 36.2 Å². The molecule has 1 amide bonds. The monoisotopic (exact) mass is 286 g/mol. The van der Waals surface area contributed by atoms with Gasteiger partial charge in [0.25, 0.3) is 5.91 Å². The largest absolute Gasteiger partial charge is 0.497 e. The number of hydrogen-bond donors (Lipinski definition) is 2. The van der Waals surface area contributed by atoms with Crippen molar-refractivity contribution in [3.8, 4) is 5.75 Å². The summed E-state index contributed by atoms with van der Waals surface area (Å²) in [6, 6.07) is 11.1. The molecule has 0 spiro atoms. The van der Waals surface area contributed by atoms with Gasteiger partial charge in [0.05, 0.1) is 7.11 Å². The topological polar surface area (TPSA) is 76.1 Å². The summed E-state index contributed by atoms with van der Waals surface area (Å²) in [4.78, 5) is 11.9. The molecule has 1 aromatic carbocycles. The summed E-state index contributed by atoms with van der Waals surface area (Å²) in [6.45, 7) is 0.529. The molecule has 0 atom stereocenters. The van der Waals surface area contributed by atoms with Gasteiger partial charge in [0.15, 0.2) is 5.69 Å². The van der Waals surface area contributed by atoms with Crippen LogP contribution in [-0.4, -0.2) is 36.8 Å². The van der Waals surface area contributed by atoms with Gasteiger partial charge in [-0.15, -0.1) is 10.2 Å². The molecule has 6 heteroatoms. The van der Waals surface area contributed by atoms with Gasteiger partial charge in [0.2, 0.25) is 0 Å². The molecule has 0 unspecified atom stereocenters. The summed E-state index contributed by atoms with van der Waals surface area (Å²) in [5.41, 5.74) is 1.41. The van der Waals surface area contributed by atoms with Crippen LogP contribution in [0.25, 0.3) is 0 Å². The highest BCUT2D eigenvalue weighted by atomic mass is 16.5. The minimum absolute atomic E-state index is 0.229. The predicted octanol–water partition coefficient (Wildman–Crippen LogP) is 1.50. The van der Waals surface area contributed by atoms with E-state index in [1.54, 1.807) is 26.3 Å². The van der Waals surface area contributed by atoms with Crippen LogP contribution in [0.3, 0.4) is 0 Å². The summed E-state index contributed by atoms with van der Waals surface area (Å²) < 4.78 is 5.16. The maximum absolute atomic E-state index is 11.9. The number of anilines is 1. The Kier molecular flexibility index (Phi) is 5.09. The number of aromatic nitrogens is 2. The maximum Gasteiger partial charge on any atom is 0.271 e. The lowest BCUT2D eigenvalue weighted by Gasteiger charge is -2.06. The van der Waals surface area contributed by atoms with Crippen molar-refractivity contribution in [1.82, 2.24) is 15.5 Å². The second kappa shape index (κ2) is 7.23. The summed E-state index contributed by atoms with van der Waals surface area (Å²) in [7, 11) is 3.38. The van der Waals surface area contributed by atoms with Crippen LogP contribution in [-0.2, 0) is 6.42 Å². The molecule has 110 valence electrons. The Labute approximate surface area is 123 Å². The molecule has 1 heterocycles. The molecule has 21 heavy (non-hydrogen) atoms.